The molecule has 0 aliphatic rings. The van der Waals surface area contributed by atoms with E-state index in [2.05, 4.69) is 5.32 Å². The van der Waals surface area contributed by atoms with E-state index >= 15 is 0 Å². The van der Waals surface area contributed by atoms with Crippen LogP contribution in [0.3, 0.4) is 0 Å². The van der Waals surface area contributed by atoms with Gasteiger partial charge in [0.1, 0.15) is 5.76 Å². The van der Waals surface area contributed by atoms with Gasteiger partial charge < -0.3 is 15.5 Å². The number of furan rings is 1. The summed E-state index contributed by atoms with van der Waals surface area (Å²) < 4.78 is 5.38. The number of hydrogen-bond acceptors (Lipinski definition) is 4. The molecule has 1 aromatic carbocycles. The number of nitrogens with two attached hydrogens (primary N) is 1. The minimum Gasteiger partial charge on any atom is -0.468 e. The van der Waals surface area contributed by atoms with Gasteiger partial charge in [0.25, 0.3) is 0 Å². The lowest BCUT2D eigenvalue weighted by atomic mass is 10.3. The molecule has 2 rings (SSSR count). The number of rotatable bonds is 5. The molecule has 0 saturated heterocycles. The predicted octanol–water partition coefficient (Wildman–Crippen LogP) is 3.03. The predicted molar refractivity (Wildman–Crippen MR) is 77.1 cm³/mol. The summed E-state index contributed by atoms with van der Waals surface area (Å²) >= 11 is 1.64. The Hall–Kier alpha value is -1.72. The summed E-state index contributed by atoms with van der Waals surface area (Å²) in [5.74, 6) is 0.800. The van der Waals surface area contributed by atoms with Gasteiger partial charge in [0.05, 0.1) is 11.5 Å². The van der Waals surface area contributed by atoms with Crippen LogP contribution >= 0.6 is 11.8 Å². The zero-order valence-corrected chi connectivity index (χ0v) is 11.4. The van der Waals surface area contributed by atoms with Crippen LogP contribution in [0.2, 0.25) is 0 Å². The van der Waals surface area contributed by atoms with E-state index in [1.54, 1.807) is 18.0 Å². The Kier molecular flexibility index (Phi) is 4.65. The first-order chi connectivity index (χ1) is 9.19. The number of anilines is 1. The Bertz CT molecular complexity index is 523. The number of amides is 1. The average molecular weight is 276 g/mol. The van der Waals surface area contributed by atoms with Crippen molar-refractivity contribution >= 4 is 23.4 Å². The molecule has 1 unspecified atom stereocenters. The maximum absolute atomic E-state index is 10.9. The first kappa shape index (κ1) is 13.7. The molecule has 0 bridgehead atoms. The van der Waals surface area contributed by atoms with Crippen LogP contribution in [0, 0.1) is 0 Å². The smallest absolute Gasteiger partial charge is 0.221 e. The van der Waals surface area contributed by atoms with Crippen LogP contribution in [0.25, 0.3) is 0 Å². The number of carbonyl (C=O) groups excluding carboxylic acids is 1. The molecular formula is C14H16N2O2S. The van der Waals surface area contributed by atoms with Gasteiger partial charge in [0.2, 0.25) is 5.91 Å². The van der Waals surface area contributed by atoms with E-state index in [4.69, 9.17) is 10.2 Å². The molecule has 100 valence electrons. The standard InChI is InChI=1S/C14H16N2O2S/c1-10(17)16-11-4-6-12(7-5-11)19-14(9-15)13-3-2-8-18-13/h2-8,14H,9,15H2,1H3,(H,16,17). The molecule has 0 aliphatic heterocycles. The van der Waals surface area contributed by atoms with Crippen molar-refractivity contribution in [3.63, 3.8) is 0 Å². The molecule has 1 aromatic heterocycles. The second kappa shape index (κ2) is 6.45. The van der Waals surface area contributed by atoms with E-state index < -0.39 is 0 Å². The molecule has 4 nitrogen and oxygen atoms in total. The molecule has 19 heavy (non-hydrogen) atoms. The number of nitrogens with one attached hydrogen (secondary N) is 1. The normalized spacial score (nSPS) is 12.1. The molecule has 0 saturated carbocycles. The van der Waals surface area contributed by atoms with Gasteiger partial charge in [-0.1, -0.05) is 0 Å². The lowest BCUT2D eigenvalue weighted by Crippen LogP contribution is -2.08. The van der Waals surface area contributed by atoms with Gasteiger partial charge >= 0.3 is 0 Å². The van der Waals surface area contributed by atoms with E-state index in [0.717, 1.165) is 16.3 Å². The van der Waals surface area contributed by atoms with Gasteiger partial charge in [-0.05, 0) is 36.4 Å². The van der Waals surface area contributed by atoms with E-state index in [-0.39, 0.29) is 11.2 Å². The maximum atomic E-state index is 10.9. The summed E-state index contributed by atoms with van der Waals surface area (Å²) in [5, 5.41) is 2.83. The highest BCUT2D eigenvalue weighted by atomic mass is 32.2. The molecule has 1 heterocycles. The molecular weight excluding hydrogens is 260 g/mol. The third-order valence-electron chi connectivity index (χ3n) is 2.53. The van der Waals surface area contributed by atoms with Crippen LogP contribution in [0.15, 0.2) is 52.0 Å². The van der Waals surface area contributed by atoms with Crippen LogP contribution in [-0.4, -0.2) is 12.5 Å². The van der Waals surface area contributed by atoms with Gasteiger partial charge in [-0.3, -0.25) is 4.79 Å². The summed E-state index contributed by atoms with van der Waals surface area (Å²) in [7, 11) is 0. The monoisotopic (exact) mass is 276 g/mol. The second-order valence-electron chi connectivity index (χ2n) is 4.06. The van der Waals surface area contributed by atoms with Crippen LogP contribution in [0.5, 0.6) is 0 Å². The summed E-state index contributed by atoms with van der Waals surface area (Å²) in [6, 6.07) is 11.5. The Labute approximate surface area is 116 Å². The molecule has 1 amide bonds. The first-order valence-electron chi connectivity index (χ1n) is 5.97. The highest BCUT2D eigenvalue weighted by molar-refractivity contribution is 7.99. The summed E-state index contributed by atoms with van der Waals surface area (Å²) in [5.41, 5.74) is 6.56. The molecule has 1 atom stereocenters. The van der Waals surface area contributed by atoms with E-state index in [1.165, 1.54) is 6.92 Å². The van der Waals surface area contributed by atoms with Crippen molar-refractivity contribution in [2.75, 3.05) is 11.9 Å². The lowest BCUT2D eigenvalue weighted by Gasteiger charge is -2.12. The van der Waals surface area contributed by atoms with Crippen molar-refractivity contribution in [2.45, 2.75) is 17.1 Å². The fourth-order valence-corrected chi connectivity index (χ4v) is 2.65. The number of hydrogen-bond donors (Lipinski definition) is 2. The molecule has 0 aliphatic carbocycles. The van der Waals surface area contributed by atoms with Gasteiger partial charge in [0.15, 0.2) is 0 Å². The summed E-state index contributed by atoms with van der Waals surface area (Å²) in [4.78, 5) is 12.0. The van der Waals surface area contributed by atoms with Crippen LogP contribution < -0.4 is 11.1 Å². The highest BCUT2D eigenvalue weighted by Gasteiger charge is 2.13. The summed E-state index contributed by atoms with van der Waals surface area (Å²) in [6.07, 6.45) is 1.65. The third-order valence-corrected chi connectivity index (χ3v) is 3.78. The van der Waals surface area contributed by atoms with E-state index in [9.17, 15) is 4.79 Å². The van der Waals surface area contributed by atoms with Gasteiger partial charge in [-0.2, -0.15) is 0 Å². The van der Waals surface area contributed by atoms with Crippen molar-refractivity contribution in [1.82, 2.24) is 0 Å². The Balaban J connectivity index is 2.04. The zero-order valence-electron chi connectivity index (χ0n) is 10.6. The molecule has 5 heteroatoms. The van der Waals surface area contributed by atoms with Crippen LogP contribution in [0.4, 0.5) is 5.69 Å². The van der Waals surface area contributed by atoms with Crippen LogP contribution in [-0.2, 0) is 4.79 Å². The first-order valence-corrected chi connectivity index (χ1v) is 6.85. The van der Waals surface area contributed by atoms with Crippen molar-refractivity contribution in [3.8, 4) is 0 Å². The van der Waals surface area contributed by atoms with Gasteiger partial charge in [0, 0.05) is 24.1 Å². The quantitative estimate of drug-likeness (QED) is 0.824. The Morgan fingerprint density at radius 3 is 2.63 bits per heavy atom. The fourth-order valence-electron chi connectivity index (χ4n) is 1.68. The van der Waals surface area contributed by atoms with Crippen molar-refractivity contribution in [2.24, 2.45) is 5.73 Å². The fraction of sp³-hybridized carbons (Fsp3) is 0.214. The Morgan fingerprint density at radius 1 is 1.37 bits per heavy atom. The maximum Gasteiger partial charge on any atom is 0.221 e. The van der Waals surface area contributed by atoms with Crippen molar-refractivity contribution < 1.29 is 9.21 Å². The SMILES string of the molecule is CC(=O)Nc1ccc(SC(CN)c2ccco2)cc1. The second-order valence-corrected chi connectivity index (χ2v) is 5.34. The molecule has 0 spiro atoms. The largest absolute Gasteiger partial charge is 0.468 e. The number of carbonyl (C=O) groups is 1. The summed E-state index contributed by atoms with van der Waals surface area (Å²) in [6.45, 7) is 2.00. The topological polar surface area (TPSA) is 68.3 Å². The van der Waals surface area contributed by atoms with Crippen LogP contribution in [0.1, 0.15) is 17.9 Å². The van der Waals surface area contributed by atoms with Crippen molar-refractivity contribution in [1.29, 1.82) is 0 Å². The average Bonchev–Trinajstić information content (AvgIpc) is 2.91. The minimum atomic E-state index is -0.0733. The zero-order chi connectivity index (χ0) is 13.7. The van der Waals surface area contributed by atoms with E-state index in [0.29, 0.717) is 6.54 Å². The third kappa shape index (κ3) is 3.87. The molecule has 2 aromatic rings. The minimum absolute atomic E-state index is 0.0733. The van der Waals surface area contributed by atoms with Crippen molar-refractivity contribution in [3.05, 3.63) is 48.4 Å². The van der Waals surface area contributed by atoms with Gasteiger partial charge in [-0.15, -0.1) is 11.8 Å². The molecule has 3 N–H and O–H groups in total. The number of benzene rings is 1. The molecule has 0 fully saturated rings. The lowest BCUT2D eigenvalue weighted by molar-refractivity contribution is -0.114. The molecule has 0 radical (unpaired) electrons. The Morgan fingerprint density at radius 2 is 2.11 bits per heavy atom. The van der Waals surface area contributed by atoms with Gasteiger partial charge in [-0.25, -0.2) is 0 Å². The van der Waals surface area contributed by atoms with E-state index in [1.807, 2.05) is 36.4 Å². The number of thioether (sulfide) groups is 1. The highest BCUT2D eigenvalue weighted by Crippen LogP contribution is 2.34.